The number of halogens is 1. The molecule has 0 amide bonds. The maximum atomic E-state index is 14.4. The number of methoxy groups -OCH3 is 1. The molecule has 0 aliphatic heterocycles. The van der Waals surface area contributed by atoms with Crippen LogP contribution in [0, 0.1) is 12.7 Å². The van der Waals surface area contributed by atoms with Gasteiger partial charge in [0.25, 0.3) is 0 Å². The van der Waals surface area contributed by atoms with Crippen LogP contribution in [0.15, 0.2) is 30.6 Å². The average Bonchev–Trinajstić information content (AvgIpc) is 2.81. The first-order valence-electron chi connectivity index (χ1n) is 11.4. The Labute approximate surface area is 194 Å². The molecule has 1 aromatic heterocycles. The van der Waals surface area contributed by atoms with Crippen LogP contribution in [0.25, 0.3) is 10.9 Å². The molecule has 178 valence electrons. The summed E-state index contributed by atoms with van der Waals surface area (Å²) < 4.78 is 26.0. The van der Waals surface area contributed by atoms with Crippen LogP contribution in [0.3, 0.4) is 0 Å². The fourth-order valence-electron chi connectivity index (χ4n) is 3.81. The van der Waals surface area contributed by atoms with Crippen molar-refractivity contribution in [3.63, 3.8) is 0 Å². The third-order valence-corrected chi connectivity index (χ3v) is 5.51. The van der Waals surface area contributed by atoms with Gasteiger partial charge in [0.1, 0.15) is 23.7 Å². The summed E-state index contributed by atoms with van der Waals surface area (Å²) in [5.41, 5.74) is 1.20. The van der Waals surface area contributed by atoms with Crippen molar-refractivity contribution < 1.29 is 19.0 Å². The number of phenolic OH excluding ortho intramolecular Hbond substituents is 1. The van der Waals surface area contributed by atoms with E-state index in [-0.39, 0.29) is 11.4 Å². The third kappa shape index (κ3) is 6.01. The van der Waals surface area contributed by atoms with Gasteiger partial charge in [-0.3, -0.25) is 0 Å². The molecule has 2 aromatic carbocycles. The molecule has 0 bridgehead atoms. The van der Waals surface area contributed by atoms with E-state index in [1.54, 1.807) is 20.1 Å². The van der Waals surface area contributed by atoms with Crippen LogP contribution in [0.4, 0.5) is 15.9 Å². The van der Waals surface area contributed by atoms with Crippen molar-refractivity contribution in [3.8, 4) is 17.2 Å². The lowest BCUT2D eigenvalue weighted by molar-refractivity contribution is 0.230. The molecule has 0 fully saturated rings. The second-order valence-electron chi connectivity index (χ2n) is 7.98. The topological polar surface area (TPSA) is 79.7 Å². The van der Waals surface area contributed by atoms with E-state index in [0.29, 0.717) is 40.4 Å². The number of rotatable bonds is 12. The summed E-state index contributed by atoms with van der Waals surface area (Å²) in [6, 6.07) is 6.12. The lowest BCUT2D eigenvalue weighted by atomic mass is 10.1. The fraction of sp³-hybridized carbons (Fsp3) is 0.440. The van der Waals surface area contributed by atoms with E-state index in [9.17, 15) is 9.50 Å². The predicted octanol–water partition coefficient (Wildman–Crippen LogP) is 5.43. The zero-order valence-corrected chi connectivity index (χ0v) is 19.8. The van der Waals surface area contributed by atoms with Crippen molar-refractivity contribution in [2.75, 3.05) is 38.7 Å². The van der Waals surface area contributed by atoms with Crippen LogP contribution >= 0.6 is 0 Å². The number of hydrogen-bond donors (Lipinski definition) is 2. The van der Waals surface area contributed by atoms with Crippen molar-refractivity contribution in [2.45, 2.75) is 40.0 Å². The Morgan fingerprint density at radius 3 is 2.52 bits per heavy atom. The van der Waals surface area contributed by atoms with E-state index in [1.165, 1.54) is 18.5 Å². The first-order valence-corrected chi connectivity index (χ1v) is 11.4. The number of aromatic nitrogens is 2. The Hall–Kier alpha value is -3.13. The summed E-state index contributed by atoms with van der Waals surface area (Å²) in [5.74, 6) is 1.08. The van der Waals surface area contributed by atoms with Gasteiger partial charge in [-0.2, -0.15) is 0 Å². The number of ether oxygens (including phenoxy) is 2. The van der Waals surface area contributed by atoms with Gasteiger partial charge < -0.3 is 24.8 Å². The third-order valence-electron chi connectivity index (χ3n) is 5.51. The molecular weight excluding hydrogens is 423 g/mol. The number of benzene rings is 2. The highest BCUT2D eigenvalue weighted by Crippen LogP contribution is 2.36. The minimum absolute atomic E-state index is 0.00182. The SMILES string of the molecule is CCCN(CCC)CCCOc1cc2ncnc(Nc3c(F)ccc(O)c3C)c2cc1OC. The molecule has 0 atom stereocenters. The van der Waals surface area contributed by atoms with Crippen molar-refractivity contribution in [1.82, 2.24) is 14.9 Å². The molecule has 0 radical (unpaired) electrons. The number of nitrogens with one attached hydrogen (secondary N) is 1. The van der Waals surface area contributed by atoms with Gasteiger partial charge in [-0.1, -0.05) is 13.8 Å². The van der Waals surface area contributed by atoms with E-state index in [1.807, 2.05) is 6.07 Å². The zero-order chi connectivity index (χ0) is 23.8. The van der Waals surface area contributed by atoms with Gasteiger partial charge in [-0.05, 0) is 57.5 Å². The highest BCUT2D eigenvalue weighted by atomic mass is 19.1. The van der Waals surface area contributed by atoms with Crippen LogP contribution in [0.2, 0.25) is 0 Å². The van der Waals surface area contributed by atoms with Crippen LogP contribution in [0.1, 0.15) is 38.7 Å². The van der Waals surface area contributed by atoms with Gasteiger partial charge >= 0.3 is 0 Å². The molecule has 3 aromatic rings. The number of anilines is 2. The highest BCUT2D eigenvalue weighted by molar-refractivity contribution is 5.93. The average molecular weight is 457 g/mol. The fourth-order valence-corrected chi connectivity index (χ4v) is 3.81. The Bertz CT molecular complexity index is 1070. The minimum Gasteiger partial charge on any atom is -0.508 e. The summed E-state index contributed by atoms with van der Waals surface area (Å²) in [6.07, 6.45) is 4.60. The Morgan fingerprint density at radius 1 is 1.06 bits per heavy atom. The van der Waals surface area contributed by atoms with Gasteiger partial charge in [0.05, 0.1) is 24.9 Å². The molecule has 0 aliphatic carbocycles. The number of phenols is 1. The van der Waals surface area contributed by atoms with E-state index in [0.717, 1.165) is 38.9 Å². The summed E-state index contributed by atoms with van der Waals surface area (Å²) in [5, 5.41) is 13.6. The van der Waals surface area contributed by atoms with E-state index >= 15 is 0 Å². The molecule has 0 saturated heterocycles. The van der Waals surface area contributed by atoms with Crippen molar-refractivity contribution in [3.05, 3.63) is 42.0 Å². The lowest BCUT2D eigenvalue weighted by Crippen LogP contribution is -2.27. The van der Waals surface area contributed by atoms with Crippen LogP contribution in [-0.2, 0) is 0 Å². The lowest BCUT2D eigenvalue weighted by Gasteiger charge is -2.21. The smallest absolute Gasteiger partial charge is 0.163 e. The van der Waals surface area contributed by atoms with Crippen LogP contribution in [-0.4, -0.2) is 53.3 Å². The molecule has 3 rings (SSSR count). The molecule has 0 spiro atoms. The second-order valence-corrected chi connectivity index (χ2v) is 7.98. The summed E-state index contributed by atoms with van der Waals surface area (Å²) >= 11 is 0. The highest BCUT2D eigenvalue weighted by Gasteiger charge is 2.15. The first kappa shape index (κ1) is 24.5. The molecule has 0 aliphatic rings. The second kappa shape index (κ2) is 11.7. The van der Waals surface area contributed by atoms with E-state index in [2.05, 4.69) is 34.0 Å². The number of nitrogens with zero attached hydrogens (tertiary/aromatic N) is 3. The monoisotopic (exact) mass is 456 g/mol. The number of fused-ring (bicyclic) bond motifs is 1. The van der Waals surface area contributed by atoms with E-state index < -0.39 is 5.82 Å². The molecular formula is C25H33FN4O3. The zero-order valence-electron chi connectivity index (χ0n) is 19.8. The normalized spacial score (nSPS) is 11.2. The largest absolute Gasteiger partial charge is 0.508 e. The molecule has 0 saturated carbocycles. The Balaban J connectivity index is 1.79. The van der Waals surface area contributed by atoms with Gasteiger partial charge in [0, 0.05) is 23.6 Å². The Kier molecular flexibility index (Phi) is 8.65. The van der Waals surface area contributed by atoms with Crippen molar-refractivity contribution >= 4 is 22.4 Å². The first-order chi connectivity index (χ1) is 16.0. The molecule has 33 heavy (non-hydrogen) atoms. The van der Waals surface area contributed by atoms with Gasteiger partial charge in [0.2, 0.25) is 0 Å². The maximum Gasteiger partial charge on any atom is 0.163 e. The summed E-state index contributed by atoms with van der Waals surface area (Å²) in [6.45, 7) is 9.77. The quantitative estimate of drug-likeness (QED) is 0.352. The summed E-state index contributed by atoms with van der Waals surface area (Å²) in [4.78, 5) is 11.1. The van der Waals surface area contributed by atoms with Crippen molar-refractivity contribution in [1.29, 1.82) is 0 Å². The number of aromatic hydroxyl groups is 1. The van der Waals surface area contributed by atoms with Crippen LogP contribution in [0.5, 0.6) is 17.2 Å². The number of hydrogen-bond acceptors (Lipinski definition) is 7. The molecule has 2 N–H and O–H groups in total. The maximum absolute atomic E-state index is 14.4. The van der Waals surface area contributed by atoms with E-state index in [4.69, 9.17) is 9.47 Å². The molecule has 0 unspecified atom stereocenters. The van der Waals surface area contributed by atoms with Gasteiger partial charge in [0.15, 0.2) is 11.5 Å². The Morgan fingerprint density at radius 2 is 1.82 bits per heavy atom. The summed E-state index contributed by atoms with van der Waals surface area (Å²) in [7, 11) is 1.58. The van der Waals surface area contributed by atoms with Gasteiger partial charge in [-0.15, -0.1) is 0 Å². The van der Waals surface area contributed by atoms with Crippen molar-refractivity contribution in [2.24, 2.45) is 0 Å². The molecule has 1 heterocycles. The molecule has 7 nitrogen and oxygen atoms in total. The van der Waals surface area contributed by atoms with Gasteiger partial charge in [-0.25, -0.2) is 14.4 Å². The minimum atomic E-state index is -0.482. The predicted molar refractivity (Wildman–Crippen MR) is 129 cm³/mol. The van der Waals surface area contributed by atoms with Crippen LogP contribution < -0.4 is 14.8 Å². The molecule has 8 heteroatoms. The standard InChI is InChI=1S/C25H33FN4O3/c1-5-10-30(11-6-2)12-7-13-33-23-15-20-18(14-22(23)32-4)25(28-16-27-20)29-24-17(3)21(31)9-8-19(24)26/h8-9,14-16,31H,5-7,10-13H2,1-4H3,(H,27,28,29).